The van der Waals surface area contributed by atoms with Crippen molar-refractivity contribution in [2.75, 3.05) is 32.8 Å². The lowest BCUT2D eigenvalue weighted by atomic mass is 10.1. The molecule has 1 atom stereocenters. The molecule has 1 aliphatic carbocycles. The molecule has 1 amide bonds. The zero-order chi connectivity index (χ0) is 14.0. The van der Waals surface area contributed by atoms with E-state index in [1.807, 2.05) is 0 Å². The first-order valence-electron chi connectivity index (χ1n) is 7.11. The SMILES string of the molecule is NC1(C(=O)NCC(c2cccs2)N2CCOCC2)CC1. The van der Waals surface area contributed by atoms with Gasteiger partial charge in [-0.3, -0.25) is 9.69 Å². The summed E-state index contributed by atoms with van der Waals surface area (Å²) < 4.78 is 5.41. The van der Waals surface area contributed by atoms with Crippen LogP contribution < -0.4 is 11.1 Å². The summed E-state index contributed by atoms with van der Waals surface area (Å²) in [6, 6.07) is 4.41. The van der Waals surface area contributed by atoms with Crippen LogP contribution in [0.1, 0.15) is 23.8 Å². The molecule has 0 radical (unpaired) electrons. The topological polar surface area (TPSA) is 67.6 Å². The van der Waals surface area contributed by atoms with E-state index in [9.17, 15) is 4.79 Å². The quantitative estimate of drug-likeness (QED) is 0.840. The van der Waals surface area contributed by atoms with Crippen LogP contribution in [0.15, 0.2) is 17.5 Å². The van der Waals surface area contributed by atoms with Crippen LogP contribution in [0, 0.1) is 0 Å². The van der Waals surface area contributed by atoms with Crippen molar-refractivity contribution in [3.05, 3.63) is 22.4 Å². The Morgan fingerprint density at radius 1 is 1.50 bits per heavy atom. The summed E-state index contributed by atoms with van der Waals surface area (Å²) in [6.07, 6.45) is 1.61. The van der Waals surface area contributed by atoms with Crippen molar-refractivity contribution in [3.8, 4) is 0 Å². The number of rotatable bonds is 5. The minimum atomic E-state index is -0.592. The van der Waals surface area contributed by atoms with Crippen molar-refractivity contribution < 1.29 is 9.53 Å². The zero-order valence-corrected chi connectivity index (χ0v) is 12.3. The van der Waals surface area contributed by atoms with Crippen molar-refractivity contribution in [2.45, 2.75) is 24.4 Å². The van der Waals surface area contributed by atoms with Gasteiger partial charge in [-0.25, -0.2) is 0 Å². The van der Waals surface area contributed by atoms with Crippen LogP contribution in [-0.4, -0.2) is 49.2 Å². The Balaban J connectivity index is 1.64. The molecule has 1 unspecified atom stereocenters. The third-order valence-electron chi connectivity index (χ3n) is 4.05. The van der Waals surface area contributed by atoms with Crippen molar-refractivity contribution in [1.82, 2.24) is 10.2 Å². The number of nitrogens with two attached hydrogens (primary N) is 1. The van der Waals surface area contributed by atoms with E-state index in [1.54, 1.807) is 11.3 Å². The van der Waals surface area contributed by atoms with Gasteiger partial charge in [0, 0.05) is 24.5 Å². The van der Waals surface area contributed by atoms with E-state index < -0.39 is 5.54 Å². The summed E-state index contributed by atoms with van der Waals surface area (Å²) >= 11 is 1.73. The highest BCUT2D eigenvalue weighted by Gasteiger charge is 2.46. The monoisotopic (exact) mass is 295 g/mol. The van der Waals surface area contributed by atoms with Crippen LogP contribution >= 0.6 is 11.3 Å². The van der Waals surface area contributed by atoms with Crippen LogP contribution in [0.5, 0.6) is 0 Å². The van der Waals surface area contributed by atoms with Crippen molar-refractivity contribution in [1.29, 1.82) is 0 Å². The summed E-state index contributed by atoms with van der Waals surface area (Å²) in [5.74, 6) is -0.00712. The van der Waals surface area contributed by atoms with E-state index in [0.717, 1.165) is 39.1 Å². The molecule has 20 heavy (non-hydrogen) atoms. The van der Waals surface area contributed by atoms with Crippen LogP contribution in [-0.2, 0) is 9.53 Å². The minimum Gasteiger partial charge on any atom is -0.379 e. The van der Waals surface area contributed by atoms with E-state index in [0.29, 0.717) is 6.54 Å². The summed E-state index contributed by atoms with van der Waals surface area (Å²) in [6.45, 7) is 3.96. The first-order chi connectivity index (χ1) is 9.69. The highest BCUT2D eigenvalue weighted by Crippen LogP contribution is 2.32. The van der Waals surface area contributed by atoms with Crippen LogP contribution in [0.4, 0.5) is 0 Å². The van der Waals surface area contributed by atoms with Gasteiger partial charge in [0.05, 0.1) is 24.8 Å². The van der Waals surface area contributed by atoms with Gasteiger partial charge in [-0.1, -0.05) is 6.07 Å². The standard InChI is InChI=1S/C14H21N3O2S/c15-14(3-4-14)13(18)16-10-11(12-2-1-9-20-12)17-5-7-19-8-6-17/h1-2,9,11H,3-8,10,15H2,(H,16,18). The maximum Gasteiger partial charge on any atom is 0.240 e. The summed E-state index contributed by atoms with van der Waals surface area (Å²) in [5.41, 5.74) is 5.34. The van der Waals surface area contributed by atoms with Crippen LogP contribution in [0.2, 0.25) is 0 Å². The Morgan fingerprint density at radius 2 is 2.25 bits per heavy atom. The fraction of sp³-hybridized carbons (Fsp3) is 0.643. The van der Waals surface area contributed by atoms with Gasteiger partial charge in [-0.2, -0.15) is 0 Å². The maximum absolute atomic E-state index is 12.0. The third kappa shape index (κ3) is 3.03. The number of hydrogen-bond acceptors (Lipinski definition) is 5. The smallest absolute Gasteiger partial charge is 0.240 e. The van der Waals surface area contributed by atoms with Gasteiger partial charge in [0.1, 0.15) is 0 Å². The number of nitrogens with one attached hydrogen (secondary N) is 1. The number of carbonyl (C=O) groups is 1. The Hall–Kier alpha value is -0.950. The Kier molecular flexibility index (Phi) is 4.07. The van der Waals surface area contributed by atoms with E-state index in [4.69, 9.17) is 10.5 Å². The average molecular weight is 295 g/mol. The van der Waals surface area contributed by atoms with Crippen molar-refractivity contribution in [3.63, 3.8) is 0 Å². The van der Waals surface area contributed by atoms with Crippen LogP contribution in [0.25, 0.3) is 0 Å². The molecule has 1 aliphatic heterocycles. The summed E-state index contributed by atoms with van der Waals surface area (Å²) in [7, 11) is 0. The molecule has 0 bridgehead atoms. The van der Waals surface area contributed by atoms with Gasteiger partial charge < -0.3 is 15.8 Å². The zero-order valence-electron chi connectivity index (χ0n) is 11.5. The molecule has 2 aliphatic rings. The Morgan fingerprint density at radius 3 is 2.85 bits per heavy atom. The lowest BCUT2D eigenvalue weighted by Gasteiger charge is -2.34. The number of morpholine rings is 1. The number of amides is 1. The number of thiophene rings is 1. The Bertz CT molecular complexity index is 453. The van der Waals surface area contributed by atoms with Crippen LogP contribution in [0.3, 0.4) is 0 Å². The molecule has 3 N–H and O–H groups in total. The van der Waals surface area contributed by atoms with E-state index >= 15 is 0 Å². The normalized spacial score (nSPS) is 23.2. The molecule has 1 saturated heterocycles. The molecule has 1 saturated carbocycles. The molecular weight excluding hydrogens is 274 g/mol. The summed E-state index contributed by atoms with van der Waals surface area (Å²) in [5, 5.41) is 5.11. The number of nitrogens with zero attached hydrogens (tertiary/aromatic N) is 1. The molecular formula is C14H21N3O2S. The maximum atomic E-state index is 12.0. The molecule has 5 nitrogen and oxygen atoms in total. The average Bonchev–Trinajstić information content (AvgIpc) is 3.02. The van der Waals surface area contributed by atoms with Gasteiger partial charge >= 0.3 is 0 Å². The molecule has 2 heterocycles. The number of hydrogen-bond donors (Lipinski definition) is 2. The van der Waals surface area contributed by atoms with E-state index in [1.165, 1.54) is 4.88 Å². The first-order valence-corrected chi connectivity index (χ1v) is 7.99. The number of carbonyl (C=O) groups excluding carboxylic acids is 1. The highest BCUT2D eigenvalue weighted by atomic mass is 32.1. The molecule has 110 valence electrons. The molecule has 3 rings (SSSR count). The van der Waals surface area contributed by atoms with E-state index in [-0.39, 0.29) is 11.9 Å². The fourth-order valence-electron chi connectivity index (χ4n) is 2.51. The minimum absolute atomic E-state index is 0.00712. The van der Waals surface area contributed by atoms with Gasteiger partial charge in [-0.15, -0.1) is 11.3 Å². The lowest BCUT2D eigenvalue weighted by Crippen LogP contribution is -2.48. The molecule has 0 aromatic carbocycles. The lowest BCUT2D eigenvalue weighted by molar-refractivity contribution is -0.123. The molecule has 1 aromatic heterocycles. The van der Waals surface area contributed by atoms with Gasteiger partial charge in [0.2, 0.25) is 5.91 Å². The largest absolute Gasteiger partial charge is 0.379 e. The second kappa shape index (κ2) is 5.81. The predicted molar refractivity (Wildman–Crippen MR) is 78.6 cm³/mol. The number of ether oxygens (including phenoxy) is 1. The molecule has 1 aromatic rings. The molecule has 2 fully saturated rings. The third-order valence-corrected chi connectivity index (χ3v) is 5.03. The van der Waals surface area contributed by atoms with Gasteiger partial charge in [-0.05, 0) is 24.3 Å². The fourth-order valence-corrected chi connectivity index (χ4v) is 3.37. The second-order valence-electron chi connectivity index (χ2n) is 5.55. The van der Waals surface area contributed by atoms with E-state index in [2.05, 4.69) is 27.7 Å². The van der Waals surface area contributed by atoms with Crippen molar-refractivity contribution >= 4 is 17.2 Å². The van der Waals surface area contributed by atoms with Gasteiger partial charge in [0.15, 0.2) is 0 Å². The first kappa shape index (κ1) is 14.0. The predicted octanol–water partition coefficient (Wildman–Crippen LogP) is 0.729. The molecule has 0 spiro atoms. The second-order valence-corrected chi connectivity index (χ2v) is 6.52. The highest BCUT2D eigenvalue weighted by molar-refractivity contribution is 7.10. The Labute approximate surface area is 123 Å². The summed E-state index contributed by atoms with van der Waals surface area (Å²) in [4.78, 5) is 15.7. The van der Waals surface area contributed by atoms with Gasteiger partial charge in [0.25, 0.3) is 0 Å². The van der Waals surface area contributed by atoms with Crippen molar-refractivity contribution in [2.24, 2.45) is 5.73 Å². The molecule has 6 heteroatoms.